The number of H-pyrrole nitrogens is 1. The van der Waals surface area contributed by atoms with Gasteiger partial charge in [-0.3, -0.25) is 9.69 Å². The number of carbonyl (C=O) groups is 2. The fraction of sp³-hybridized carbons (Fsp3) is 0.200. The highest BCUT2D eigenvalue weighted by Crippen LogP contribution is 2.20. The van der Waals surface area contributed by atoms with Gasteiger partial charge in [0.2, 0.25) is 0 Å². The lowest BCUT2D eigenvalue weighted by Crippen LogP contribution is -2.32. The number of imide groups is 1. The molecule has 100 valence electrons. The SMILES string of the molecule is C#CCN1C(=O)NC(Cc2c[nH]c3ccccc23)C1=O. The van der Waals surface area contributed by atoms with Gasteiger partial charge >= 0.3 is 6.03 Å². The van der Waals surface area contributed by atoms with Gasteiger partial charge in [0.1, 0.15) is 6.04 Å². The number of terminal acetylenes is 1. The number of benzene rings is 1. The first-order chi connectivity index (χ1) is 9.70. The summed E-state index contributed by atoms with van der Waals surface area (Å²) in [5.74, 6) is 2.05. The Morgan fingerprint density at radius 2 is 2.10 bits per heavy atom. The standard InChI is InChI=1S/C15H13N3O2/c1-2-7-18-14(19)13(17-15(18)20)8-10-9-16-12-6-4-3-5-11(10)12/h1,3-6,9,13,16H,7-8H2,(H,17,20). The molecule has 3 amide bonds. The lowest BCUT2D eigenvalue weighted by Gasteiger charge is -2.08. The molecule has 1 aromatic carbocycles. The Balaban J connectivity index is 1.84. The number of carbonyl (C=O) groups excluding carboxylic acids is 2. The predicted molar refractivity (Wildman–Crippen MR) is 74.9 cm³/mol. The molecule has 1 aliphatic heterocycles. The Bertz CT molecular complexity index is 726. The zero-order chi connectivity index (χ0) is 14.1. The normalized spacial score (nSPS) is 18.4. The summed E-state index contributed by atoms with van der Waals surface area (Å²) in [6, 6.07) is 6.88. The molecule has 0 spiro atoms. The third-order valence-electron chi connectivity index (χ3n) is 3.46. The lowest BCUT2D eigenvalue weighted by molar-refractivity contribution is -0.127. The fourth-order valence-electron chi connectivity index (χ4n) is 2.48. The minimum Gasteiger partial charge on any atom is -0.361 e. The second-order valence-electron chi connectivity index (χ2n) is 4.69. The van der Waals surface area contributed by atoms with E-state index in [4.69, 9.17) is 6.42 Å². The summed E-state index contributed by atoms with van der Waals surface area (Å²) in [4.78, 5) is 28.0. The highest BCUT2D eigenvalue weighted by molar-refractivity contribution is 6.04. The monoisotopic (exact) mass is 267 g/mol. The van der Waals surface area contributed by atoms with E-state index in [1.54, 1.807) is 0 Å². The summed E-state index contributed by atoms with van der Waals surface area (Å²) >= 11 is 0. The van der Waals surface area contributed by atoms with E-state index in [-0.39, 0.29) is 12.5 Å². The molecule has 0 bridgehead atoms. The van der Waals surface area contributed by atoms with Crippen molar-refractivity contribution in [2.24, 2.45) is 0 Å². The average molecular weight is 267 g/mol. The van der Waals surface area contributed by atoms with Crippen LogP contribution >= 0.6 is 0 Å². The van der Waals surface area contributed by atoms with E-state index in [0.717, 1.165) is 21.4 Å². The number of rotatable bonds is 3. The van der Waals surface area contributed by atoms with Crippen LogP contribution in [0.15, 0.2) is 30.5 Å². The second kappa shape index (κ2) is 4.74. The molecule has 3 rings (SSSR count). The van der Waals surface area contributed by atoms with Crippen LogP contribution in [0.2, 0.25) is 0 Å². The van der Waals surface area contributed by atoms with Crippen molar-refractivity contribution in [2.75, 3.05) is 6.54 Å². The first-order valence-electron chi connectivity index (χ1n) is 6.31. The quantitative estimate of drug-likeness (QED) is 0.649. The summed E-state index contributed by atoms with van der Waals surface area (Å²) in [5, 5.41) is 3.73. The van der Waals surface area contributed by atoms with Crippen molar-refractivity contribution < 1.29 is 9.59 Å². The highest BCUT2D eigenvalue weighted by atomic mass is 16.2. The van der Waals surface area contributed by atoms with E-state index in [0.29, 0.717) is 6.42 Å². The zero-order valence-corrected chi connectivity index (χ0v) is 10.7. The van der Waals surface area contributed by atoms with Gasteiger partial charge in [-0.05, 0) is 11.6 Å². The number of hydrogen-bond donors (Lipinski definition) is 2. The van der Waals surface area contributed by atoms with Gasteiger partial charge in [-0.15, -0.1) is 6.42 Å². The van der Waals surface area contributed by atoms with Crippen LogP contribution in [0, 0.1) is 12.3 Å². The van der Waals surface area contributed by atoms with Crippen molar-refractivity contribution in [3.05, 3.63) is 36.0 Å². The van der Waals surface area contributed by atoms with Crippen molar-refractivity contribution in [1.29, 1.82) is 0 Å². The predicted octanol–water partition coefficient (Wildman–Crippen LogP) is 1.26. The first kappa shape index (κ1) is 12.3. The second-order valence-corrected chi connectivity index (χ2v) is 4.69. The summed E-state index contributed by atoms with van der Waals surface area (Å²) < 4.78 is 0. The van der Waals surface area contributed by atoms with E-state index in [9.17, 15) is 9.59 Å². The van der Waals surface area contributed by atoms with Crippen LogP contribution in [0.3, 0.4) is 0 Å². The van der Waals surface area contributed by atoms with Crippen LogP contribution in [-0.4, -0.2) is 34.4 Å². The molecule has 0 radical (unpaired) electrons. The largest absolute Gasteiger partial charge is 0.361 e. The molecule has 0 aliphatic carbocycles. The Kier molecular flexibility index (Phi) is 2.92. The maximum absolute atomic E-state index is 12.1. The van der Waals surface area contributed by atoms with E-state index >= 15 is 0 Å². The molecule has 5 heteroatoms. The molecule has 20 heavy (non-hydrogen) atoms. The van der Waals surface area contributed by atoms with Gasteiger partial charge < -0.3 is 10.3 Å². The van der Waals surface area contributed by atoms with Gasteiger partial charge in [0, 0.05) is 23.5 Å². The number of aromatic nitrogens is 1. The number of aromatic amines is 1. The van der Waals surface area contributed by atoms with Crippen LogP contribution in [0.1, 0.15) is 5.56 Å². The summed E-state index contributed by atoms with van der Waals surface area (Å²) in [6.07, 6.45) is 7.48. The van der Waals surface area contributed by atoms with Crippen LogP contribution in [-0.2, 0) is 11.2 Å². The fourth-order valence-corrected chi connectivity index (χ4v) is 2.48. The van der Waals surface area contributed by atoms with E-state index in [1.165, 1.54) is 0 Å². The molecule has 1 atom stereocenters. The van der Waals surface area contributed by atoms with Gasteiger partial charge in [-0.2, -0.15) is 0 Å². The number of hydrogen-bond acceptors (Lipinski definition) is 2. The minimum atomic E-state index is -0.546. The molecule has 2 heterocycles. The van der Waals surface area contributed by atoms with Crippen molar-refractivity contribution in [3.63, 3.8) is 0 Å². The summed E-state index contributed by atoms with van der Waals surface area (Å²) in [7, 11) is 0. The van der Waals surface area contributed by atoms with Crippen molar-refractivity contribution in [1.82, 2.24) is 15.2 Å². The third kappa shape index (κ3) is 1.91. The summed E-state index contributed by atoms with van der Waals surface area (Å²) in [5.41, 5.74) is 2.02. The Morgan fingerprint density at radius 3 is 2.90 bits per heavy atom. The molecular weight excluding hydrogens is 254 g/mol. The van der Waals surface area contributed by atoms with E-state index in [1.807, 2.05) is 30.5 Å². The van der Waals surface area contributed by atoms with E-state index < -0.39 is 12.1 Å². The van der Waals surface area contributed by atoms with Crippen molar-refractivity contribution >= 4 is 22.8 Å². The van der Waals surface area contributed by atoms with Crippen LogP contribution in [0.5, 0.6) is 0 Å². The number of fused-ring (bicyclic) bond motifs is 1. The molecule has 1 unspecified atom stereocenters. The molecular formula is C15H13N3O2. The maximum atomic E-state index is 12.1. The molecule has 0 saturated carbocycles. The molecule has 2 aromatic rings. The molecule has 1 fully saturated rings. The van der Waals surface area contributed by atoms with Crippen molar-refractivity contribution in [2.45, 2.75) is 12.5 Å². The summed E-state index contributed by atoms with van der Waals surface area (Å²) in [6.45, 7) is 0.00898. The van der Waals surface area contributed by atoms with E-state index in [2.05, 4.69) is 16.2 Å². The Hall–Kier alpha value is -2.74. The molecule has 1 saturated heterocycles. The molecule has 2 N–H and O–H groups in total. The number of nitrogens with zero attached hydrogens (tertiary/aromatic N) is 1. The Labute approximate surface area is 116 Å². The van der Waals surface area contributed by atoms with Crippen LogP contribution < -0.4 is 5.32 Å². The van der Waals surface area contributed by atoms with Crippen molar-refractivity contribution in [3.8, 4) is 12.3 Å². The lowest BCUT2D eigenvalue weighted by atomic mass is 10.1. The number of para-hydroxylation sites is 1. The highest BCUT2D eigenvalue weighted by Gasteiger charge is 2.37. The van der Waals surface area contributed by atoms with Gasteiger partial charge in [0.05, 0.1) is 6.54 Å². The zero-order valence-electron chi connectivity index (χ0n) is 10.7. The number of nitrogens with one attached hydrogen (secondary N) is 2. The topological polar surface area (TPSA) is 65.2 Å². The molecule has 5 nitrogen and oxygen atoms in total. The number of amides is 3. The molecule has 1 aliphatic rings. The average Bonchev–Trinajstić information content (AvgIpc) is 2.97. The van der Waals surface area contributed by atoms with Crippen LogP contribution in [0.4, 0.5) is 4.79 Å². The van der Waals surface area contributed by atoms with Crippen LogP contribution in [0.25, 0.3) is 10.9 Å². The molecule has 1 aromatic heterocycles. The minimum absolute atomic E-state index is 0.00898. The van der Waals surface area contributed by atoms with Gasteiger partial charge in [0.25, 0.3) is 5.91 Å². The Morgan fingerprint density at radius 1 is 1.30 bits per heavy atom. The number of urea groups is 1. The smallest absolute Gasteiger partial charge is 0.325 e. The maximum Gasteiger partial charge on any atom is 0.325 e. The van der Waals surface area contributed by atoms with Gasteiger partial charge in [-0.1, -0.05) is 24.1 Å². The third-order valence-corrected chi connectivity index (χ3v) is 3.46. The first-order valence-corrected chi connectivity index (χ1v) is 6.31. The van der Waals surface area contributed by atoms with Gasteiger partial charge in [-0.25, -0.2) is 4.79 Å². The van der Waals surface area contributed by atoms with Gasteiger partial charge in [0.15, 0.2) is 0 Å².